The fourth-order valence-corrected chi connectivity index (χ4v) is 3.68. The highest BCUT2D eigenvalue weighted by molar-refractivity contribution is 7.10. The summed E-state index contributed by atoms with van der Waals surface area (Å²) in [4.78, 5) is 15.5. The summed E-state index contributed by atoms with van der Waals surface area (Å²) < 4.78 is 26.4. The van der Waals surface area contributed by atoms with E-state index in [2.05, 4.69) is 16.3 Å². The number of carbonyl (C=O) groups excluding carboxylic acids is 1. The summed E-state index contributed by atoms with van der Waals surface area (Å²) in [5, 5.41) is 4.54. The molecule has 1 atom stereocenters. The van der Waals surface area contributed by atoms with Crippen molar-refractivity contribution in [3.8, 4) is 0 Å². The van der Waals surface area contributed by atoms with Gasteiger partial charge < -0.3 is 5.32 Å². The van der Waals surface area contributed by atoms with Gasteiger partial charge in [0.15, 0.2) is 0 Å². The van der Waals surface area contributed by atoms with E-state index in [1.54, 1.807) is 11.3 Å². The van der Waals surface area contributed by atoms with Crippen LogP contribution in [0.25, 0.3) is 0 Å². The summed E-state index contributed by atoms with van der Waals surface area (Å²) in [6.45, 7) is 1.06. The first-order valence-electron chi connectivity index (χ1n) is 7.16. The Hall–Kier alpha value is -1.79. The number of rotatable bonds is 4. The van der Waals surface area contributed by atoms with Crippen molar-refractivity contribution in [3.63, 3.8) is 0 Å². The second-order valence-corrected chi connectivity index (χ2v) is 6.30. The number of halogens is 2. The summed E-state index contributed by atoms with van der Waals surface area (Å²) in [5.74, 6) is -1.70. The third-order valence-electron chi connectivity index (χ3n) is 3.79. The maximum atomic E-state index is 13.6. The zero-order chi connectivity index (χ0) is 15.5. The van der Waals surface area contributed by atoms with Crippen molar-refractivity contribution in [1.29, 1.82) is 0 Å². The first-order chi connectivity index (χ1) is 10.6. The predicted molar refractivity (Wildman–Crippen MR) is 82.9 cm³/mol. The SMILES string of the molecule is O=C(CN1CCCC1c1cccs1)Nc1ccc(F)cc1F. The lowest BCUT2D eigenvalue weighted by molar-refractivity contribution is -0.117. The Morgan fingerprint density at radius 3 is 2.95 bits per heavy atom. The van der Waals surface area contributed by atoms with E-state index >= 15 is 0 Å². The third kappa shape index (κ3) is 3.34. The molecule has 1 N–H and O–H groups in total. The van der Waals surface area contributed by atoms with E-state index < -0.39 is 11.6 Å². The van der Waals surface area contributed by atoms with Crippen LogP contribution in [0.3, 0.4) is 0 Å². The maximum absolute atomic E-state index is 13.6. The molecule has 1 aliphatic heterocycles. The van der Waals surface area contributed by atoms with Crippen molar-refractivity contribution in [1.82, 2.24) is 4.90 Å². The Balaban J connectivity index is 1.64. The molecule has 2 heterocycles. The lowest BCUT2D eigenvalue weighted by Gasteiger charge is -2.22. The number of thiophene rings is 1. The van der Waals surface area contributed by atoms with Gasteiger partial charge in [0.05, 0.1) is 12.2 Å². The van der Waals surface area contributed by atoms with E-state index in [0.29, 0.717) is 0 Å². The molecule has 0 saturated carbocycles. The van der Waals surface area contributed by atoms with Gasteiger partial charge >= 0.3 is 0 Å². The predicted octanol–water partition coefficient (Wildman–Crippen LogP) is 3.80. The molecule has 0 bridgehead atoms. The summed E-state index contributed by atoms with van der Waals surface area (Å²) in [5.41, 5.74) is 0.0123. The highest BCUT2D eigenvalue weighted by atomic mass is 32.1. The van der Waals surface area contributed by atoms with Crippen molar-refractivity contribution in [2.24, 2.45) is 0 Å². The second kappa shape index (κ2) is 6.54. The monoisotopic (exact) mass is 322 g/mol. The zero-order valence-corrected chi connectivity index (χ0v) is 12.7. The van der Waals surface area contributed by atoms with E-state index in [-0.39, 0.29) is 24.2 Å². The molecule has 1 aromatic carbocycles. The average Bonchev–Trinajstić information content (AvgIpc) is 3.12. The summed E-state index contributed by atoms with van der Waals surface area (Å²) in [7, 11) is 0. The van der Waals surface area contributed by atoms with Gasteiger partial charge in [0.25, 0.3) is 0 Å². The molecule has 3 nitrogen and oxygen atoms in total. The lowest BCUT2D eigenvalue weighted by atomic mass is 10.2. The number of nitrogens with zero attached hydrogens (tertiary/aromatic N) is 1. The largest absolute Gasteiger partial charge is 0.322 e. The number of nitrogens with one attached hydrogen (secondary N) is 1. The van der Waals surface area contributed by atoms with Crippen LogP contribution in [0.15, 0.2) is 35.7 Å². The summed E-state index contributed by atoms with van der Waals surface area (Å²) in [6.07, 6.45) is 2.07. The van der Waals surface area contributed by atoms with E-state index in [4.69, 9.17) is 0 Å². The molecule has 1 aromatic heterocycles. The van der Waals surface area contributed by atoms with Gasteiger partial charge in [-0.05, 0) is 43.0 Å². The fraction of sp³-hybridized carbons (Fsp3) is 0.312. The first kappa shape index (κ1) is 15.1. The Bertz CT molecular complexity index is 660. The molecule has 1 aliphatic rings. The van der Waals surface area contributed by atoms with E-state index in [0.717, 1.165) is 31.5 Å². The normalized spacial score (nSPS) is 18.5. The minimum atomic E-state index is -0.760. The molecule has 0 aliphatic carbocycles. The Morgan fingerprint density at radius 2 is 2.23 bits per heavy atom. The van der Waals surface area contributed by atoms with Gasteiger partial charge in [-0.3, -0.25) is 9.69 Å². The van der Waals surface area contributed by atoms with Crippen LogP contribution in [0.4, 0.5) is 14.5 Å². The van der Waals surface area contributed by atoms with Crippen molar-refractivity contribution in [2.45, 2.75) is 18.9 Å². The minimum Gasteiger partial charge on any atom is -0.322 e. The third-order valence-corrected chi connectivity index (χ3v) is 4.76. The van der Waals surface area contributed by atoms with Crippen molar-refractivity contribution >= 4 is 22.9 Å². The molecular formula is C16H16F2N2OS. The van der Waals surface area contributed by atoms with E-state index in [1.165, 1.54) is 10.9 Å². The van der Waals surface area contributed by atoms with Crippen LogP contribution in [0, 0.1) is 11.6 Å². The van der Waals surface area contributed by atoms with E-state index in [9.17, 15) is 13.6 Å². The first-order valence-corrected chi connectivity index (χ1v) is 8.04. The highest BCUT2D eigenvalue weighted by Crippen LogP contribution is 2.34. The number of amides is 1. The summed E-state index contributed by atoms with van der Waals surface area (Å²) in [6, 6.07) is 7.46. The van der Waals surface area contributed by atoms with Crippen LogP contribution < -0.4 is 5.32 Å². The average molecular weight is 322 g/mol. The quantitative estimate of drug-likeness (QED) is 0.928. The van der Waals surface area contributed by atoms with Gasteiger partial charge in [-0.25, -0.2) is 8.78 Å². The molecule has 0 spiro atoms. The van der Waals surface area contributed by atoms with Crippen molar-refractivity contribution in [2.75, 3.05) is 18.4 Å². The van der Waals surface area contributed by atoms with Crippen molar-refractivity contribution < 1.29 is 13.6 Å². The number of benzene rings is 1. The molecule has 2 aromatic rings. The Morgan fingerprint density at radius 1 is 1.36 bits per heavy atom. The molecule has 1 saturated heterocycles. The van der Waals surface area contributed by atoms with Gasteiger partial charge in [0.1, 0.15) is 11.6 Å². The van der Waals surface area contributed by atoms with Gasteiger partial charge in [-0.15, -0.1) is 11.3 Å². The molecule has 6 heteroatoms. The summed E-state index contributed by atoms with van der Waals surface area (Å²) >= 11 is 1.68. The molecule has 1 fully saturated rings. The standard InChI is InChI=1S/C16H16F2N2OS/c17-11-5-6-13(12(18)9-11)19-16(21)10-20-7-1-3-14(20)15-4-2-8-22-15/h2,4-6,8-9,14H,1,3,7,10H2,(H,19,21). The smallest absolute Gasteiger partial charge is 0.238 e. The fourth-order valence-electron chi connectivity index (χ4n) is 2.78. The molecule has 116 valence electrons. The van der Waals surface area contributed by atoms with E-state index in [1.807, 2.05) is 11.4 Å². The second-order valence-electron chi connectivity index (χ2n) is 5.32. The zero-order valence-electron chi connectivity index (χ0n) is 11.9. The van der Waals surface area contributed by atoms with Crippen LogP contribution in [-0.2, 0) is 4.79 Å². The van der Waals surface area contributed by atoms with Crippen LogP contribution in [-0.4, -0.2) is 23.9 Å². The Labute approximate surface area is 131 Å². The maximum Gasteiger partial charge on any atom is 0.238 e. The molecular weight excluding hydrogens is 306 g/mol. The van der Waals surface area contributed by atoms with Gasteiger partial charge in [0, 0.05) is 17.0 Å². The topological polar surface area (TPSA) is 32.3 Å². The number of carbonyl (C=O) groups is 1. The van der Waals surface area contributed by atoms with Crippen LogP contribution in [0.2, 0.25) is 0 Å². The molecule has 1 amide bonds. The molecule has 0 radical (unpaired) electrons. The molecule has 1 unspecified atom stereocenters. The van der Waals surface area contributed by atoms with Gasteiger partial charge in [-0.1, -0.05) is 6.07 Å². The Kier molecular flexibility index (Phi) is 4.49. The lowest BCUT2D eigenvalue weighted by Crippen LogP contribution is -2.32. The highest BCUT2D eigenvalue weighted by Gasteiger charge is 2.28. The number of likely N-dealkylation sites (tertiary alicyclic amines) is 1. The van der Waals surface area contributed by atoms with Crippen LogP contribution in [0.1, 0.15) is 23.8 Å². The van der Waals surface area contributed by atoms with Crippen LogP contribution in [0.5, 0.6) is 0 Å². The molecule has 3 rings (SSSR count). The van der Waals surface area contributed by atoms with Crippen LogP contribution >= 0.6 is 11.3 Å². The van der Waals surface area contributed by atoms with Gasteiger partial charge in [0.2, 0.25) is 5.91 Å². The minimum absolute atomic E-state index is 0.0123. The van der Waals surface area contributed by atoms with Crippen molar-refractivity contribution in [3.05, 3.63) is 52.2 Å². The number of hydrogen-bond acceptors (Lipinski definition) is 3. The number of anilines is 1. The number of hydrogen-bond donors (Lipinski definition) is 1. The van der Waals surface area contributed by atoms with Gasteiger partial charge in [-0.2, -0.15) is 0 Å². The molecule has 22 heavy (non-hydrogen) atoms.